The molecule has 0 radical (unpaired) electrons. The van der Waals surface area contributed by atoms with Crippen LogP contribution in [0.3, 0.4) is 0 Å². The fourth-order valence-corrected chi connectivity index (χ4v) is 7.62. The standard InChI is InChI=1S/C26H27ClF6N6O2S/c1-15(25(28,29)30)21-18(14-35-20-13-19(27)37-39(20)21)36-17-5-3-16(4-6-17)22(26(31,32)33)38-10-2-7-24(23(38)40)8-11-42(34,41)12-9-24/h3-6,13-15,22,34,36H,2,7-12H2,1H3/t15?,22-,24?,42?/m0/s1. The number of fused-ring (bicyclic) bond motifs is 1. The van der Waals surface area contributed by atoms with Crippen LogP contribution in [0.25, 0.3) is 5.65 Å². The highest BCUT2D eigenvalue weighted by atomic mass is 35.5. The monoisotopic (exact) mass is 636 g/mol. The topological polar surface area (TPSA) is 103 Å². The third-order valence-corrected chi connectivity index (χ3v) is 10.0. The van der Waals surface area contributed by atoms with Crippen molar-refractivity contribution in [2.75, 3.05) is 23.4 Å². The van der Waals surface area contributed by atoms with E-state index >= 15 is 0 Å². The Morgan fingerprint density at radius 3 is 2.31 bits per heavy atom. The summed E-state index contributed by atoms with van der Waals surface area (Å²) in [7, 11) is -2.84. The molecule has 16 heteroatoms. The number of anilines is 2. The van der Waals surface area contributed by atoms with E-state index in [0.717, 1.165) is 16.3 Å². The van der Waals surface area contributed by atoms with Crippen molar-refractivity contribution in [2.24, 2.45) is 5.41 Å². The van der Waals surface area contributed by atoms with Gasteiger partial charge in [0.2, 0.25) is 5.91 Å². The van der Waals surface area contributed by atoms with Crippen molar-refractivity contribution in [1.82, 2.24) is 19.5 Å². The number of rotatable bonds is 5. The van der Waals surface area contributed by atoms with E-state index in [1.54, 1.807) is 0 Å². The lowest BCUT2D eigenvalue weighted by molar-refractivity contribution is -0.200. The number of alkyl halides is 6. The molecule has 228 valence electrons. The summed E-state index contributed by atoms with van der Waals surface area (Å²) in [6.45, 7) is 0.835. The van der Waals surface area contributed by atoms with Gasteiger partial charge < -0.3 is 10.2 Å². The van der Waals surface area contributed by atoms with Gasteiger partial charge in [0.05, 0.1) is 28.9 Å². The number of hydrogen-bond donors (Lipinski definition) is 2. The highest BCUT2D eigenvalue weighted by Crippen LogP contribution is 2.47. The van der Waals surface area contributed by atoms with E-state index in [2.05, 4.69) is 15.4 Å². The largest absolute Gasteiger partial charge is 0.413 e. The maximum absolute atomic E-state index is 14.5. The quantitative estimate of drug-likeness (QED) is 0.298. The molecule has 2 N–H and O–H groups in total. The molecular formula is C26H27ClF6N6O2S. The molecule has 5 rings (SSSR count). The van der Waals surface area contributed by atoms with E-state index in [0.29, 0.717) is 12.8 Å². The van der Waals surface area contributed by atoms with Crippen molar-refractivity contribution in [3.63, 3.8) is 0 Å². The second kappa shape index (κ2) is 10.6. The Labute approximate surface area is 242 Å². The summed E-state index contributed by atoms with van der Waals surface area (Å²) in [6, 6.07) is 3.98. The number of hydrogen-bond acceptors (Lipinski definition) is 6. The minimum absolute atomic E-state index is 0.0239. The molecule has 2 saturated heterocycles. The normalized spacial score (nSPS) is 25.1. The van der Waals surface area contributed by atoms with Crippen LogP contribution >= 0.6 is 11.6 Å². The van der Waals surface area contributed by atoms with E-state index < -0.39 is 45.4 Å². The van der Waals surface area contributed by atoms with E-state index in [1.165, 1.54) is 36.5 Å². The van der Waals surface area contributed by atoms with E-state index in [4.69, 9.17) is 16.4 Å². The van der Waals surface area contributed by atoms with Crippen molar-refractivity contribution >= 4 is 44.3 Å². The zero-order valence-electron chi connectivity index (χ0n) is 22.2. The van der Waals surface area contributed by atoms with Crippen LogP contribution < -0.4 is 5.32 Å². The summed E-state index contributed by atoms with van der Waals surface area (Å²) in [5, 5.41) is 6.65. The van der Waals surface area contributed by atoms with Crippen molar-refractivity contribution in [3.05, 3.63) is 52.9 Å². The number of nitrogens with zero attached hydrogens (tertiary/aromatic N) is 4. The third-order valence-electron chi connectivity index (χ3n) is 8.11. The van der Waals surface area contributed by atoms with Gasteiger partial charge in [-0.15, -0.1) is 0 Å². The highest BCUT2D eigenvalue weighted by molar-refractivity contribution is 7.92. The molecule has 4 heterocycles. The lowest BCUT2D eigenvalue weighted by atomic mass is 9.73. The van der Waals surface area contributed by atoms with Crippen molar-refractivity contribution in [2.45, 2.75) is 56.9 Å². The van der Waals surface area contributed by atoms with Gasteiger partial charge >= 0.3 is 12.4 Å². The predicted molar refractivity (Wildman–Crippen MR) is 144 cm³/mol. The number of nitrogens with one attached hydrogen (secondary N) is 2. The zero-order chi connectivity index (χ0) is 30.7. The Hall–Kier alpha value is -3.07. The van der Waals surface area contributed by atoms with Crippen molar-refractivity contribution < 1.29 is 35.3 Å². The molecule has 3 aromatic rings. The molecule has 1 unspecified atom stereocenters. The summed E-state index contributed by atoms with van der Waals surface area (Å²) in [4.78, 5) is 18.4. The molecule has 1 spiro atoms. The summed E-state index contributed by atoms with van der Waals surface area (Å²) in [5.41, 5.74) is -1.36. The van der Waals surface area contributed by atoms with Gasteiger partial charge in [0.15, 0.2) is 16.8 Å². The summed E-state index contributed by atoms with van der Waals surface area (Å²) < 4.78 is 106. The van der Waals surface area contributed by atoms with Crippen LogP contribution in [0, 0.1) is 10.2 Å². The second-order valence-corrected chi connectivity index (χ2v) is 13.7. The molecule has 0 bridgehead atoms. The maximum Gasteiger partial charge on any atom is 0.413 e. The molecule has 0 saturated carbocycles. The Kier molecular flexibility index (Phi) is 7.65. The molecule has 2 aromatic heterocycles. The molecule has 2 atom stereocenters. The van der Waals surface area contributed by atoms with Crippen LogP contribution in [0.4, 0.5) is 37.7 Å². The molecule has 2 aliphatic rings. The van der Waals surface area contributed by atoms with E-state index in [1.807, 2.05) is 0 Å². The number of halogens is 7. The Balaban J connectivity index is 1.45. The number of likely N-dealkylation sites (tertiary alicyclic amines) is 1. The lowest BCUT2D eigenvalue weighted by Crippen LogP contribution is -2.55. The van der Waals surface area contributed by atoms with Crippen molar-refractivity contribution in [1.29, 1.82) is 4.78 Å². The Bertz CT molecular complexity index is 1590. The minimum Gasteiger partial charge on any atom is -0.353 e. The van der Waals surface area contributed by atoms with Gasteiger partial charge in [0.25, 0.3) is 0 Å². The number of benzene rings is 1. The van der Waals surface area contributed by atoms with Gasteiger partial charge in [-0.25, -0.2) is 13.7 Å². The molecule has 0 aliphatic carbocycles. The van der Waals surface area contributed by atoms with Gasteiger partial charge in [0.1, 0.15) is 0 Å². The predicted octanol–water partition coefficient (Wildman–Crippen LogP) is 6.84. The van der Waals surface area contributed by atoms with Crippen LogP contribution in [-0.2, 0) is 14.5 Å². The van der Waals surface area contributed by atoms with Gasteiger partial charge in [-0.1, -0.05) is 23.7 Å². The van der Waals surface area contributed by atoms with Gasteiger partial charge in [-0.05, 0) is 50.3 Å². The van der Waals surface area contributed by atoms with Crippen LogP contribution in [0.5, 0.6) is 0 Å². The third kappa shape index (κ3) is 5.77. The first-order valence-corrected chi connectivity index (χ1v) is 15.4. The van der Waals surface area contributed by atoms with Crippen LogP contribution in [0.15, 0.2) is 36.5 Å². The SMILES string of the molecule is CC(c1c(Nc2ccc([C@H](N3CCCC4(CCS(=N)(=O)CC4)C3=O)C(F)(F)F)cc2)cnc2cc(Cl)nn12)C(F)(F)F. The van der Waals surface area contributed by atoms with Crippen LogP contribution in [0.2, 0.25) is 5.15 Å². The molecule has 42 heavy (non-hydrogen) atoms. The summed E-state index contributed by atoms with van der Waals surface area (Å²) >= 11 is 5.89. The van der Waals surface area contributed by atoms with Gasteiger partial charge in [-0.3, -0.25) is 9.57 Å². The molecule has 1 aromatic carbocycles. The average Bonchev–Trinajstić information content (AvgIpc) is 3.28. The molecule has 2 aliphatic heterocycles. The van der Waals surface area contributed by atoms with Gasteiger partial charge in [0, 0.05) is 39.5 Å². The number of aromatic nitrogens is 3. The average molecular weight is 637 g/mol. The maximum atomic E-state index is 14.5. The first kappa shape index (κ1) is 30.4. The Morgan fingerprint density at radius 1 is 1.07 bits per heavy atom. The molecule has 8 nitrogen and oxygen atoms in total. The number of amides is 1. The minimum atomic E-state index is -4.82. The molecule has 2 fully saturated rings. The fourth-order valence-electron chi connectivity index (χ4n) is 5.80. The van der Waals surface area contributed by atoms with Crippen LogP contribution in [-0.4, -0.2) is 60.0 Å². The second-order valence-electron chi connectivity index (χ2n) is 10.9. The number of piperidine rings is 1. The first-order chi connectivity index (χ1) is 19.5. The number of carbonyl (C=O) groups excluding carboxylic acids is 1. The smallest absolute Gasteiger partial charge is 0.353 e. The van der Waals surface area contributed by atoms with Crippen molar-refractivity contribution in [3.8, 4) is 0 Å². The fraction of sp³-hybridized carbons (Fsp3) is 0.500. The Morgan fingerprint density at radius 2 is 1.71 bits per heavy atom. The van der Waals surface area contributed by atoms with Gasteiger partial charge in [-0.2, -0.15) is 31.4 Å². The van der Waals surface area contributed by atoms with E-state index in [-0.39, 0.29) is 64.3 Å². The summed E-state index contributed by atoms with van der Waals surface area (Å²) in [6.07, 6.45) is -7.35. The lowest BCUT2D eigenvalue weighted by Gasteiger charge is -2.47. The van der Waals surface area contributed by atoms with E-state index in [9.17, 15) is 35.3 Å². The zero-order valence-corrected chi connectivity index (χ0v) is 23.8. The summed E-state index contributed by atoms with van der Waals surface area (Å²) in [5.74, 6) is -2.69. The van der Waals surface area contributed by atoms with Crippen LogP contribution in [0.1, 0.15) is 55.8 Å². The molecular weight excluding hydrogens is 610 g/mol. The molecule has 1 amide bonds. The highest BCUT2D eigenvalue weighted by Gasteiger charge is 2.53. The number of carbonyl (C=O) groups is 1. The first-order valence-electron chi connectivity index (χ1n) is 13.1.